The van der Waals surface area contributed by atoms with Gasteiger partial charge in [0, 0.05) is 18.8 Å². The Morgan fingerprint density at radius 2 is 2.19 bits per heavy atom. The molecule has 2 aromatic heterocycles. The second-order valence-electron chi connectivity index (χ2n) is 7.53. The molecule has 0 saturated heterocycles. The van der Waals surface area contributed by atoms with E-state index in [2.05, 4.69) is 33.3 Å². The number of H-pyrrole nitrogens is 1. The molecule has 7 heteroatoms. The van der Waals surface area contributed by atoms with Gasteiger partial charge in [0.05, 0.1) is 24.5 Å². The van der Waals surface area contributed by atoms with Crippen molar-refractivity contribution in [2.75, 3.05) is 13.1 Å². The van der Waals surface area contributed by atoms with Crippen LogP contribution in [0.25, 0.3) is 0 Å². The summed E-state index contributed by atoms with van der Waals surface area (Å²) in [5, 5.41) is 7.45. The molecule has 2 N–H and O–H groups in total. The maximum absolute atomic E-state index is 12.5. The molecular formula is C20H27N5O2. The fraction of sp³-hybridized carbons (Fsp3) is 0.550. The molecule has 27 heavy (non-hydrogen) atoms. The molecule has 0 spiro atoms. The van der Waals surface area contributed by atoms with E-state index >= 15 is 0 Å². The first kappa shape index (κ1) is 18.0. The largest absolute Gasteiger partial charge is 0.346 e. The van der Waals surface area contributed by atoms with Crippen LogP contribution in [0, 0.1) is 0 Å². The van der Waals surface area contributed by atoms with Gasteiger partial charge in [-0.2, -0.15) is 5.10 Å². The summed E-state index contributed by atoms with van der Waals surface area (Å²) < 4.78 is 2.03. The van der Waals surface area contributed by atoms with Gasteiger partial charge in [0.1, 0.15) is 5.56 Å². The third-order valence-corrected chi connectivity index (χ3v) is 5.52. The average Bonchev–Trinajstić information content (AvgIpc) is 3.29. The van der Waals surface area contributed by atoms with Crippen molar-refractivity contribution in [1.82, 2.24) is 25.0 Å². The second kappa shape index (κ2) is 7.68. The van der Waals surface area contributed by atoms with Crippen LogP contribution in [0.4, 0.5) is 0 Å². The van der Waals surface area contributed by atoms with E-state index in [1.807, 2.05) is 4.68 Å². The van der Waals surface area contributed by atoms with Gasteiger partial charge < -0.3 is 10.3 Å². The number of nitrogens with one attached hydrogen (secondary N) is 2. The van der Waals surface area contributed by atoms with E-state index in [4.69, 9.17) is 0 Å². The van der Waals surface area contributed by atoms with Crippen LogP contribution >= 0.6 is 0 Å². The summed E-state index contributed by atoms with van der Waals surface area (Å²) in [4.78, 5) is 30.0. The maximum atomic E-state index is 12.5. The van der Waals surface area contributed by atoms with Gasteiger partial charge in [-0.25, -0.2) is 0 Å². The van der Waals surface area contributed by atoms with Crippen LogP contribution in [0.1, 0.15) is 59.2 Å². The van der Waals surface area contributed by atoms with E-state index in [1.54, 1.807) is 6.07 Å². The third-order valence-electron chi connectivity index (χ3n) is 5.52. The van der Waals surface area contributed by atoms with E-state index in [-0.39, 0.29) is 17.0 Å². The van der Waals surface area contributed by atoms with Gasteiger partial charge in [-0.3, -0.25) is 19.2 Å². The normalized spacial score (nSPS) is 16.2. The summed E-state index contributed by atoms with van der Waals surface area (Å²) in [6, 6.07) is 3.81. The number of hydrogen-bond acceptors (Lipinski definition) is 4. The van der Waals surface area contributed by atoms with Crippen molar-refractivity contribution in [3.8, 4) is 0 Å². The van der Waals surface area contributed by atoms with Crippen LogP contribution < -0.4 is 10.9 Å². The van der Waals surface area contributed by atoms with Crippen LogP contribution in [0.15, 0.2) is 16.9 Å². The number of hydrogen-bond donors (Lipinski definition) is 2. The Morgan fingerprint density at radius 3 is 3.04 bits per heavy atom. The average molecular weight is 369 g/mol. The predicted molar refractivity (Wildman–Crippen MR) is 103 cm³/mol. The Balaban J connectivity index is 1.39. The van der Waals surface area contributed by atoms with Crippen LogP contribution in [-0.2, 0) is 32.5 Å². The van der Waals surface area contributed by atoms with Crippen LogP contribution in [-0.4, -0.2) is 38.7 Å². The molecule has 2 aromatic rings. The van der Waals surface area contributed by atoms with E-state index in [0.29, 0.717) is 6.54 Å². The molecule has 144 valence electrons. The number of carbonyl (C=O) groups is 1. The number of amides is 1. The van der Waals surface area contributed by atoms with Gasteiger partial charge in [-0.15, -0.1) is 0 Å². The van der Waals surface area contributed by atoms with Crippen molar-refractivity contribution in [1.29, 1.82) is 0 Å². The highest BCUT2D eigenvalue weighted by Crippen LogP contribution is 2.19. The lowest BCUT2D eigenvalue weighted by atomic mass is 10.1. The number of aromatic amines is 1. The molecule has 0 unspecified atom stereocenters. The minimum Gasteiger partial charge on any atom is -0.346 e. The van der Waals surface area contributed by atoms with Crippen molar-refractivity contribution >= 4 is 5.91 Å². The molecule has 0 aromatic carbocycles. The van der Waals surface area contributed by atoms with Crippen molar-refractivity contribution < 1.29 is 4.79 Å². The van der Waals surface area contributed by atoms with E-state index in [1.165, 1.54) is 18.5 Å². The Hall–Kier alpha value is -2.41. The molecule has 0 saturated carbocycles. The molecule has 0 bridgehead atoms. The van der Waals surface area contributed by atoms with E-state index < -0.39 is 0 Å². The molecule has 2 aliphatic rings. The van der Waals surface area contributed by atoms with Gasteiger partial charge in [0.15, 0.2) is 0 Å². The quantitative estimate of drug-likeness (QED) is 0.810. The Kier molecular flexibility index (Phi) is 5.11. The van der Waals surface area contributed by atoms with Crippen LogP contribution in [0.3, 0.4) is 0 Å². The molecule has 0 atom stereocenters. The van der Waals surface area contributed by atoms with Gasteiger partial charge in [0.25, 0.3) is 11.5 Å². The minimum atomic E-state index is -0.332. The number of unbranched alkanes of at least 4 members (excludes halogenated alkanes) is 1. The zero-order valence-electron chi connectivity index (χ0n) is 15.9. The first-order chi connectivity index (χ1) is 13.1. The summed E-state index contributed by atoms with van der Waals surface area (Å²) in [5.41, 5.74) is 4.00. The zero-order chi connectivity index (χ0) is 18.8. The third kappa shape index (κ3) is 3.83. The first-order valence-electron chi connectivity index (χ1n) is 9.95. The van der Waals surface area contributed by atoms with Crippen molar-refractivity contribution in [2.45, 2.75) is 58.7 Å². The lowest BCUT2D eigenvalue weighted by molar-refractivity contribution is 0.0948. The Bertz CT molecular complexity index is 898. The molecule has 0 radical (unpaired) electrons. The van der Waals surface area contributed by atoms with Crippen molar-refractivity contribution in [3.05, 3.63) is 50.7 Å². The molecule has 4 rings (SSSR count). The number of pyridine rings is 1. The smallest absolute Gasteiger partial charge is 0.261 e. The standard InChI is InChI=1S/C20H27N5O2/c1-2-3-7-24-8-9-25-16(13-24)11-15(23-25)12-21-19(26)17-10-14-5-4-6-18(14)22-20(17)27/h10-11H,2-9,12-13H2,1H3,(H,21,26)(H,22,27). The Morgan fingerprint density at radius 1 is 1.30 bits per heavy atom. The van der Waals surface area contributed by atoms with Crippen LogP contribution in [0.5, 0.6) is 0 Å². The molecule has 3 heterocycles. The number of fused-ring (bicyclic) bond motifs is 2. The summed E-state index contributed by atoms with van der Waals surface area (Å²) in [6.07, 6.45) is 5.27. The van der Waals surface area contributed by atoms with Gasteiger partial charge in [0.2, 0.25) is 0 Å². The van der Waals surface area contributed by atoms with Gasteiger partial charge >= 0.3 is 0 Å². The van der Waals surface area contributed by atoms with Gasteiger partial charge in [-0.05, 0) is 49.9 Å². The maximum Gasteiger partial charge on any atom is 0.261 e. The first-order valence-corrected chi connectivity index (χ1v) is 9.95. The summed E-state index contributed by atoms with van der Waals surface area (Å²) in [6.45, 7) is 6.48. The van der Waals surface area contributed by atoms with Gasteiger partial charge in [-0.1, -0.05) is 13.3 Å². The second-order valence-corrected chi connectivity index (χ2v) is 7.53. The number of nitrogens with zero attached hydrogens (tertiary/aromatic N) is 3. The molecule has 1 amide bonds. The molecule has 7 nitrogen and oxygen atoms in total. The number of rotatable bonds is 6. The molecular weight excluding hydrogens is 342 g/mol. The van der Waals surface area contributed by atoms with Crippen molar-refractivity contribution in [3.63, 3.8) is 0 Å². The Labute approximate surface area is 158 Å². The molecule has 0 fully saturated rings. The molecule has 1 aliphatic carbocycles. The number of aromatic nitrogens is 3. The van der Waals surface area contributed by atoms with E-state index in [0.717, 1.165) is 62.4 Å². The fourth-order valence-corrected chi connectivity index (χ4v) is 3.99. The fourth-order valence-electron chi connectivity index (χ4n) is 3.99. The van der Waals surface area contributed by atoms with Crippen molar-refractivity contribution in [2.24, 2.45) is 0 Å². The van der Waals surface area contributed by atoms with Crippen LogP contribution in [0.2, 0.25) is 0 Å². The highest BCUT2D eigenvalue weighted by molar-refractivity contribution is 5.94. The zero-order valence-corrected chi connectivity index (χ0v) is 15.9. The summed E-state index contributed by atoms with van der Waals surface area (Å²) in [5.74, 6) is -0.332. The highest BCUT2D eigenvalue weighted by Gasteiger charge is 2.20. The van der Waals surface area contributed by atoms with E-state index in [9.17, 15) is 9.59 Å². The lowest BCUT2D eigenvalue weighted by Gasteiger charge is -2.27. The SMILES string of the molecule is CCCCN1CCn2nc(CNC(=O)c3cc4c([nH]c3=O)CCC4)cc2C1. The number of aryl methyl sites for hydroxylation is 2. The lowest BCUT2D eigenvalue weighted by Crippen LogP contribution is -2.34. The highest BCUT2D eigenvalue weighted by atomic mass is 16.2. The number of carbonyl (C=O) groups excluding carboxylic acids is 1. The predicted octanol–water partition coefficient (Wildman–Crippen LogP) is 1.61. The topological polar surface area (TPSA) is 83.0 Å². The summed E-state index contributed by atoms with van der Waals surface area (Å²) >= 11 is 0. The summed E-state index contributed by atoms with van der Waals surface area (Å²) in [7, 11) is 0. The molecule has 1 aliphatic heterocycles. The monoisotopic (exact) mass is 369 g/mol. The minimum absolute atomic E-state index is 0.199.